The maximum atomic E-state index is 9.31. The van der Waals surface area contributed by atoms with E-state index in [4.69, 9.17) is 15.2 Å². The van der Waals surface area contributed by atoms with Crippen LogP contribution < -0.4 is 5.73 Å². The number of hydrogen-bond donors (Lipinski definition) is 2. The molecule has 5 heteroatoms. The van der Waals surface area contributed by atoms with Gasteiger partial charge < -0.3 is 20.3 Å². The number of likely N-dealkylation sites (N-methyl/N-ethyl adjacent to an activating group) is 1. The second-order valence-electron chi connectivity index (χ2n) is 3.49. The average molecular weight is 220 g/mol. The molecular formula is C10H24N2O3. The molecule has 0 aromatic carbocycles. The number of hydrogen-bond acceptors (Lipinski definition) is 5. The Morgan fingerprint density at radius 3 is 2.40 bits per heavy atom. The summed E-state index contributed by atoms with van der Waals surface area (Å²) in [7, 11) is 3.27. The summed E-state index contributed by atoms with van der Waals surface area (Å²) in [6.45, 7) is 4.79. The zero-order valence-corrected chi connectivity index (χ0v) is 9.98. The van der Waals surface area contributed by atoms with Crippen LogP contribution in [0.15, 0.2) is 0 Å². The van der Waals surface area contributed by atoms with Gasteiger partial charge in [-0.15, -0.1) is 0 Å². The molecule has 0 saturated heterocycles. The number of aliphatic hydroxyl groups is 1. The van der Waals surface area contributed by atoms with Gasteiger partial charge in [-0.05, 0) is 6.54 Å². The molecule has 0 aliphatic carbocycles. The van der Waals surface area contributed by atoms with Crippen LogP contribution in [-0.2, 0) is 9.47 Å². The van der Waals surface area contributed by atoms with Gasteiger partial charge in [-0.2, -0.15) is 0 Å². The van der Waals surface area contributed by atoms with E-state index in [9.17, 15) is 5.11 Å². The number of ether oxygens (including phenoxy) is 2. The first kappa shape index (κ1) is 14.8. The van der Waals surface area contributed by atoms with E-state index in [1.54, 1.807) is 14.2 Å². The standard InChI is InChI=1S/C10H24N2O3/c1-4-12(5-6-14-2)10(7-13)9(11)8-15-3/h9-10,13H,4-8,11H2,1-3H3. The predicted molar refractivity (Wildman–Crippen MR) is 59.8 cm³/mol. The molecule has 0 spiro atoms. The van der Waals surface area contributed by atoms with Crippen molar-refractivity contribution in [3.63, 3.8) is 0 Å². The Kier molecular flexibility index (Phi) is 8.94. The summed E-state index contributed by atoms with van der Waals surface area (Å²) in [6, 6.07) is -0.234. The van der Waals surface area contributed by atoms with Gasteiger partial charge in [-0.25, -0.2) is 0 Å². The Balaban J connectivity index is 4.18. The van der Waals surface area contributed by atoms with E-state index in [0.717, 1.165) is 13.1 Å². The van der Waals surface area contributed by atoms with Crippen LogP contribution in [0.4, 0.5) is 0 Å². The van der Waals surface area contributed by atoms with E-state index in [1.165, 1.54) is 0 Å². The molecule has 5 nitrogen and oxygen atoms in total. The molecule has 15 heavy (non-hydrogen) atoms. The zero-order valence-electron chi connectivity index (χ0n) is 9.98. The second-order valence-corrected chi connectivity index (χ2v) is 3.49. The Bertz CT molecular complexity index is 147. The number of methoxy groups -OCH3 is 2. The molecule has 0 aliphatic heterocycles. The Hall–Kier alpha value is -0.200. The van der Waals surface area contributed by atoms with Crippen LogP contribution in [-0.4, -0.2) is 69.2 Å². The molecule has 0 aromatic rings. The van der Waals surface area contributed by atoms with Crippen LogP contribution in [0.3, 0.4) is 0 Å². The van der Waals surface area contributed by atoms with Crippen LogP contribution in [0.25, 0.3) is 0 Å². The van der Waals surface area contributed by atoms with Gasteiger partial charge >= 0.3 is 0 Å². The van der Waals surface area contributed by atoms with Crippen LogP contribution >= 0.6 is 0 Å². The zero-order chi connectivity index (χ0) is 11.7. The van der Waals surface area contributed by atoms with Crippen molar-refractivity contribution in [3.05, 3.63) is 0 Å². The van der Waals surface area contributed by atoms with Crippen molar-refractivity contribution in [2.75, 3.05) is 47.1 Å². The first-order chi connectivity index (χ1) is 7.21. The van der Waals surface area contributed by atoms with E-state index < -0.39 is 0 Å². The second kappa shape index (κ2) is 9.06. The van der Waals surface area contributed by atoms with Crippen LogP contribution in [0.5, 0.6) is 0 Å². The molecule has 0 amide bonds. The van der Waals surface area contributed by atoms with Gasteiger partial charge in [0.1, 0.15) is 0 Å². The fraction of sp³-hybridized carbons (Fsp3) is 1.00. The van der Waals surface area contributed by atoms with Crippen LogP contribution in [0.2, 0.25) is 0 Å². The maximum absolute atomic E-state index is 9.31. The quantitative estimate of drug-likeness (QED) is 0.537. The van der Waals surface area contributed by atoms with Crippen LogP contribution in [0.1, 0.15) is 6.92 Å². The minimum absolute atomic E-state index is 0.0437. The van der Waals surface area contributed by atoms with Gasteiger partial charge in [0.2, 0.25) is 0 Å². The normalized spacial score (nSPS) is 15.6. The summed E-state index contributed by atoms with van der Waals surface area (Å²) in [6.07, 6.45) is 0. The number of nitrogens with zero attached hydrogens (tertiary/aromatic N) is 1. The van der Waals surface area contributed by atoms with Crippen molar-refractivity contribution in [3.8, 4) is 0 Å². The first-order valence-electron chi connectivity index (χ1n) is 5.29. The average Bonchev–Trinajstić information content (AvgIpc) is 2.24. The Morgan fingerprint density at radius 2 is 2.00 bits per heavy atom. The fourth-order valence-corrected chi connectivity index (χ4v) is 1.59. The van der Waals surface area contributed by atoms with Crippen LogP contribution in [0, 0.1) is 0 Å². The lowest BCUT2D eigenvalue weighted by molar-refractivity contribution is 0.0553. The van der Waals surface area contributed by atoms with Crippen molar-refractivity contribution >= 4 is 0 Å². The molecule has 0 saturated carbocycles. The molecule has 3 N–H and O–H groups in total. The molecule has 0 aliphatic rings. The fourth-order valence-electron chi connectivity index (χ4n) is 1.59. The highest BCUT2D eigenvalue weighted by atomic mass is 16.5. The lowest BCUT2D eigenvalue weighted by Crippen LogP contribution is -2.52. The Morgan fingerprint density at radius 1 is 1.33 bits per heavy atom. The molecule has 0 aromatic heterocycles. The molecule has 0 rings (SSSR count). The topological polar surface area (TPSA) is 68.0 Å². The van der Waals surface area contributed by atoms with Gasteiger partial charge in [0, 0.05) is 26.8 Å². The summed E-state index contributed by atoms with van der Waals surface area (Å²) in [5.41, 5.74) is 5.92. The first-order valence-corrected chi connectivity index (χ1v) is 5.29. The molecule has 92 valence electrons. The van der Waals surface area contributed by atoms with Crippen molar-refractivity contribution < 1.29 is 14.6 Å². The molecule has 0 bridgehead atoms. The summed E-state index contributed by atoms with van der Waals surface area (Å²) >= 11 is 0. The van der Waals surface area contributed by atoms with Gasteiger partial charge in [-0.3, -0.25) is 4.90 Å². The molecule has 0 heterocycles. The Labute approximate surface area is 92.1 Å². The highest BCUT2D eigenvalue weighted by Crippen LogP contribution is 2.03. The number of nitrogens with two attached hydrogens (primary N) is 1. The predicted octanol–water partition coefficient (Wildman–Crippen LogP) is -0.711. The van der Waals surface area contributed by atoms with Crippen molar-refractivity contribution in [1.29, 1.82) is 0 Å². The van der Waals surface area contributed by atoms with Gasteiger partial charge in [-0.1, -0.05) is 6.92 Å². The third-order valence-electron chi connectivity index (χ3n) is 2.50. The summed E-state index contributed by atoms with van der Waals surface area (Å²) < 4.78 is 10.0. The van der Waals surface area contributed by atoms with Gasteiger partial charge in [0.05, 0.1) is 25.9 Å². The minimum Gasteiger partial charge on any atom is -0.395 e. The summed E-state index contributed by atoms with van der Waals surface area (Å²) in [5, 5.41) is 9.31. The van der Waals surface area contributed by atoms with E-state index in [0.29, 0.717) is 13.2 Å². The van der Waals surface area contributed by atoms with Crippen molar-refractivity contribution in [2.45, 2.75) is 19.0 Å². The van der Waals surface area contributed by atoms with E-state index in [-0.39, 0.29) is 18.7 Å². The van der Waals surface area contributed by atoms with E-state index in [1.807, 2.05) is 6.92 Å². The number of aliphatic hydroxyl groups excluding tert-OH is 1. The monoisotopic (exact) mass is 220 g/mol. The highest BCUT2D eigenvalue weighted by Gasteiger charge is 2.22. The minimum atomic E-state index is -0.170. The van der Waals surface area contributed by atoms with Gasteiger partial charge in [0.15, 0.2) is 0 Å². The summed E-state index contributed by atoms with van der Waals surface area (Å²) in [4.78, 5) is 2.10. The van der Waals surface area contributed by atoms with E-state index >= 15 is 0 Å². The molecule has 2 atom stereocenters. The van der Waals surface area contributed by atoms with Gasteiger partial charge in [0.25, 0.3) is 0 Å². The maximum Gasteiger partial charge on any atom is 0.0629 e. The van der Waals surface area contributed by atoms with Crippen molar-refractivity contribution in [1.82, 2.24) is 4.90 Å². The molecule has 0 radical (unpaired) electrons. The van der Waals surface area contributed by atoms with E-state index in [2.05, 4.69) is 4.90 Å². The largest absolute Gasteiger partial charge is 0.395 e. The third kappa shape index (κ3) is 5.44. The highest BCUT2D eigenvalue weighted by molar-refractivity contribution is 4.81. The lowest BCUT2D eigenvalue weighted by atomic mass is 10.1. The third-order valence-corrected chi connectivity index (χ3v) is 2.50. The SMILES string of the molecule is CCN(CCOC)C(CO)C(N)COC. The lowest BCUT2D eigenvalue weighted by Gasteiger charge is -2.33. The summed E-state index contributed by atoms with van der Waals surface area (Å²) in [5.74, 6) is 0. The molecule has 0 fully saturated rings. The molecule has 2 unspecified atom stereocenters. The number of rotatable bonds is 9. The molecular weight excluding hydrogens is 196 g/mol. The van der Waals surface area contributed by atoms with Crippen molar-refractivity contribution in [2.24, 2.45) is 5.73 Å². The smallest absolute Gasteiger partial charge is 0.0629 e.